The summed E-state index contributed by atoms with van der Waals surface area (Å²) in [6.07, 6.45) is 1.02. The maximum atomic E-state index is 13.4. The molecule has 12 nitrogen and oxygen atoms in total. The maximum absolute atomic E-state index is 13.4. The molecule has 3 aromatic rings. The van der Waals surface area contributed by atoms with Crippen molar-refractivity contribution in [2.75, 3.05) is 18.5 Å². The molecule has 0 spiro atoms. The van der Waals surface area contributed by atoms with Crippen molar-refractivity contribution >= 4 is 54.5 Å². The molecule has 5 rings (SSSR count). The van der Waals surface area contributed by atoms with Gasteiger partial charge in [0.05, 0.1) is 21.8 Å². The average molecular weight is 562 g/mol. The number of hydrogen-bond acceptors (Lipinski definition) is 10. The van der Waals surface area contributed by atoms with Crippen LogP contribution in [0.3, 0.4) is 0 Å². The topological polar surface area (TPSA) is 182 Å². The number of ether oxygens (including phenoxy) is 2. The molecule has 1 unspecified atom stereocenters. The van der Waals surface area contributed by atoms with Crippen molar-refractivity contribution in [2.45, 2.75) is 48.0 Å². The standard InChI is InChI=1S/C24H23N3O9S2/c28-20(27-24-26-18-16(22(29)30)11-17(23(31)32)25-21(18)37-24)19(36-13-7-9-35-10-8-13)12-1-3-14(4-2-12)38(33,34)15-5-6-15/h1-4,11,13,15,19H,5-10H2,(H,29,30)(H,31,32)(H,26,27,28). The van der Waals surface area contributed by atoms with Crippen LogP contribution in [0, 0.1) is 0 Å². The number of benzene rings is 1. The van der Waals surface area contributed by atoms with E-state index in [9.17, 15) is 33.0 Å². The fraction of sp³-hybridized carbons (Fsp3) is 0.375. The van der Waals surface area contributed by atoms with E-state index < -0.39 is 39.5 Å². The number of amides is 1. The second kappa shape index (κ2) is 10.4. The van der Waals surface area contributed by atoms with Gasteiger partial charge >= 0.3 is 11.9 Å². The minimum atomic E-state index is -3.40. The number of carboxylic acid groups (broad SMARTS) is 2. The van der Waals surface area contributed by atoms with E-state index in [0.717, 1.165) is 17.4 Å². The van der Waals surface area contributed by atoms with Crippen LogP contribution in [0.15, 0.2) is 35.2 Å². The molecule has 1 atom stereocenters. The molecule has 3 heterocycles. The number of pyridine rings is 1. The molecular weight excluding hydrogens is 538 g/mol. The lowest BCUT2D eigenvalue weighted by Crippen LogP contribution is -2.31. The van der Waals surface area contributed by atoms with Gasteiger partial charge in [-0.25, -0.2) is 28.0 Å². The van der Waals surface area contributed by atoms with Crippen LogP contribution in [0.1, 0.15) is 58.2 Å². The Kier molecular flexibility index (Phi) is 7.13. The minimum Gasteiger partial charge on any atom is -0.478 e. The molecule has 3 N–H and O–H groups in total. The van der Waals surface area contributed by atoms with E-state index in [-0.39, 0.29) is 37.3 Å². The highest BCUT2D eigenvalue weighted by Crippen LogP contribution is 2.35. The molecule has 2 fully saturated rings. The van der Waals surface area contributed by atoms with Crippen LogP contribution in [0.2, 0.25) is 0 Å². The Morgan fingerprint density at radius 2 is 1.71 bits per heavy atom. The van der Waals surface area contributed by atoms with Crippen molar-refractivity contribution in [3.8, 4) is 0 Å². The molecule has 1 aromatic carbocycles. The number of hydrogen-bond donors (Lipinski definition) is 3. The number of carbonyl (C=O) groups excluding carboxylic acids is 1. The number of sulfone groups is 1. The zero-order valence-electron chi connectivity index (χ0n) is 19.8. The van der Waals surface area contributed by atoms with E-state index in [1.54, 1.807) is 12.1 Å². The lowest BCUT2D eigenvalue weighted by molar-refractivity contribution is -0.136. The number of aromatic carboxylic acids is 2. The monoisotopic (exact) mass is 561 g/mol. The summed E-state index contributed by atoms with van der Waals surface area (Å²) in [7, 11) is -3.40. The smallest absolute Gasteiger partial charge is 0.354 e. The Labute approximate surface area is 220 Å². The van der Waals surface area contributed by atoms with Gasteiger partial charge in [0.15, 0.2) is 26.8 Å². The van der Waals surface area contributed by atoms with E-state index in [1.165, 1.54) is 12.1 Å². The SMILES string of the molecule is O=C(O)c1cc(C(=O)O)c2nc(NC(=O)C(OC3CCOCC3)c3ccc(S(=O)(=O)C4CC4)cc3)sc2n1. The van der Waals surface area contributed by atoms with Crippen LogP contribution < -0.4 is 5.32 Å². The van der Waals surface area contributed by atoms with Crippen molar-refractivity contribution in [3.63, 3.8) is 0 Å². The molecule has 200 valence electrons. The summed E-state index contributed by atoms with van der Waals surface area (Å²) in [5, 5.41) is 21.0. The van der Waals surface area contributed by atoms with Crippen molar-refractivity contribution in [3.05, 3.63) is 47.2 Å². The van der Waals surface area contributed by atoms with Gasteiger partial charge in [-0.1, -0.05) is 23.5 Å². The van der Waals surface area contributed by atoms with Gasteiger partial charge in [0, 0.05) is 13.2 Å². The molecule has 0 bridgehead atoms. The highest BCUT2D eigenvalue weighted by atomic mass is 32.2. The fourth-order valence-electron chi connectivity index (χ4n) is 4.11. The number of carbonyl (C=O) groups is 3. The van der Waals surface area contributed by atoms with Crippen molar-refractivity contribution in [2.24, 2.45) is 0 Å². The Morgan fingerprint density at radius 1 is 1.03 bits per heavy atom. The van der Waals surface area contributed by atoms with Gasteiger partial charge in [0.1, 0.15) is 10.3 Å². The Hall–Kier alpha value is -3.46. The number of anilines is 1. The zero-order chi connectivity index (χ0) is 27.0. The molecule has 38 heavy (non-hydrogen) atoms. The van der Waals surface area contributed by atoms with E-state index in [0.29, 0.717) is 44.5 Å². The second-order valence-electron chi connectivity index (χ2n) is 8.97. The highest BCUT2D eigenvalue weighted by Gasteiger charge is 2.37. The molecule has 0 radical (unpaired) electrons. The predicted octanol–water partition coefficient (Wildman–Crippen LogP) is 2.90. The third-order valence-corrected chi connectivity index (χ3v) is 9.40. The fourth-order valence-corrected chi connectivity index (χ4v) is 6.63. The molecular formula is C24H23N3O9S2. The maximum Gasteiger partial charge on any atom is 0.354 e. The summed E-state index contributed by atoms with van der Waals surface area (Å²) in [5.74, 6) is -3.39. The second-order valence-corrected chi connectivity index (χ2v) is 12.2. The Bertz CT molecular complexity index is 1510. The summed E-state index contributed by atoms with van der Waals surface area (Å²) in [6, 6.07) is 6.92. The van der Waals surface area contributed by atoms with Crippen LogP contribution in [0.4, 0.5) is 5.13 Å². The minimum absolute atomic E-state index is 0.0102. The lowest BCUT2D eigenvalue weighted by atomic mass is 10.1. The summed E-state index contributed by atoms with van der Waals surface area (Å²) >= 11 is 0.828. The van der Waals surface area contributed by atoms with Crippen LogP contribution in [0.5, 0.6) is 0 Å². The van der Waals surface area contributed by atoms with Gasteiger partial charge in [0.25, 0.3) is 5.91 Å². The van der Waals surface area contributed by atoms with Crippen molar-refractivity contribution in [1.82, 2.24) is 9.97 Å². The van der Waals surface area contributed by atoms with Gasteiger partial charge in [-0.05, 0) is 49.4 Å². The van der Waals surface area contributed by atoms with E-state index in [1.807, 2.05) is 0 Å². The predicted molar refractivity (Wildman–Crippen MR) is 134 cm³/mol. The van der Waals surface area contributed by atoms with E-state index in [4.69, 9.17) is 9.47 Å². The van der Waals surface area contributed by atoms with E-state index >= 15 is 0 Å². The first-order valence-electron chi connectivity index (χ1n) is 11.8. The largest absolute Gasteiger partial charge is 0.478 e. The quantitative estimate of drug-likeness (QED) is 0.349. The molecule has 1 aliphatic carbocycles. The molecule has 1 saturated carbocycles. The molecule has 1 aliphatic heterocycles. The number of rotatable bonds is 9. The van der Waals surface area contributed by atoms with Crippen molar-refractivity contribution in [1.29, 1.82) is 0 Å². The first-order chi connectivity index (χ1) is 18.1. The van der Waals surface area contributed by atoms with Crippen LogP contribution in [-0.2, 0) is 24.1 Å². The van der Waals surface area contributed by atoms with Crippen molar-refractivity contribution < 1.29 is 42.5 Å². The number of aromatic nitrogens is 2. The summed E-state index contributed by atoms with van der Waals surface area (Å²) in [6.45, 7) is 0.954. The molecule has 1 amide bonds. The number of fused-ring (bicyclic) bond motifs is 1. The normalized spacial score (nSPS) is 17.3. The summed E-state index contributed by atoms with van der Waals surface area (Å²) in [5.41, 5.74) is -0.438. The Balaban J connectivity index is 1.44. The lowest BCUT2D eigenvalue weighted by Gasteiger charge is -2.27. The van der Waals surface area contributed by atoms with Crippen LogP contribution >= 0.6 is 11.3 Å². The third-order valence-electron chi connectivity index (χ3n) is 6.26. The first kappa shape index (κ1) is 26.2. The van der Waals surface area contributed by atoms with E-state index in [2.05, 4.69) is 15.3 Å². The number of nitrogens with one attached hydrogen (secondary N) is 1. The molecule has 2 aliphatic rings. The summed E-state index contributed by atoms with van der Waals surface area (Å²) < 4.78 is 36.7. The average Bonchev–Trinajstić information content (AvgIpc) is 3.68. The molecule has 1 saturated heterocycles. The highest BCUT2D eigenvalue weighted by molar-refractivity contribution is 7.92. The number of carboxylic acids is 2. The van der Waals surface area contributed by atoms with Gasteiger partial charge < -0.3 is 19.7 Å². The first-order valence-corrected chi connectivity index (χ1v) is 14.2. The van der Waals surface area contributed by atoms with Gasteiger partial charge in [0.2, 0.25) is 0 Å². The third kappa shape index (κ3) is 5.38. The van der Waals surface area contributed by atoms with Crippen LogP contribution in [-0.4, -0.2) is 71.0 Å². The van der Waals surface area contributed by atoms with Gasteiger partial charge in [-0.3, -0.25) is 10.1 Å². The van der Waals surface area contributed by atoms with Gasteiger partial charge in [-0.15, -0.1) is 0 Å². The van der Waals surface area contributed by atoms with Crippen LogP contribution in [0.25, 0.3) is 10.3 Å². The zero-order valence-corrected chi connectivity index (χ0v) is 21.5. The number of nitrogens with zero attached hydrogens (tertiary/aromatic N) is 2. The number of thiazole rings is 1. The Morgan fingerprint density at radius 3 is 2.32 bits per heavy atom. The molecule has 2 aromatic heterocycles. The van der Waals surface area contributed by atoms with Gasteiger partial charge in [-0.2, -0.15) is 0 Å². The summed E-state index contributed by atoms with van der Waals surface area (Å²) in [4.78, 5) is 44.8. The molecule has 14 heteroatoms.